The maximum atomic E-state index is 13.3. The van der Waals surface area contributed by atoms with E-state index in [0.717, 1.165) is 16.2 Å². The summed E-state index contributed by atoms with van der Waals surface area (Å²) in [5.74, 6) is -2.16. The number of alkyl halides is 3. The normalized spacial score (nSPS) is 27.4. The minimum atomic E-state index is -5.03. The van der Waals surface area contributed by atoms with E-state index in [1.807, 2.05) is 0 Å². The van der Waals surface area contributed by atoms with E-state index < -0.39 is 29.8 Å². The molecule has 2 aliphatic heterocycles. The summed E-state index contributed by atoms with van der Waals surface area (Å²) in [6.45, 7) is 1.33. The van der Waals surface area contributed by atoms with Crippen molar-refractivity contribution in [3.63, 3.8) is 0 Å². The Balaban J connectivity index is 1.82. The second kappa shape index (κ2) is 6.78. The first-order valence-electron chi connectivity index (χ1n) is 8.74. The van der Waals surface area contributed by atoms with Crippen LogP contribution in [0.25, 0.3) is 0 Å². The van der Waals surface area contributed by atoms with Crippen LogP contribution in [0.4, 0.5) is 13.2 Å². The van der Waals surface area contributed by atoms with Crippen molar-refractivity contribution in [3.05, 3.63) is 32.7 Å². The average molecular weight is 449 g/mol. The highest BCUT2D eigenvalue weighted by molar-refractivity contribution is 7.18. The Labute approximate surface area is 172 Å². The third-order valence-electron chi connectivity index (χ3n) is 5.32. The van der Waals surface area contributed by atoms with Crippen LogP contribution in [-0.2, 0) is 22.2 Å². The number of amides is 1. The van der Waals surface area contributed by atoms with Crippen molar-refractivity contribution < 1.29 is 27.5 Å². The van der Waals surface area contributed by atoms with Crippen LogP contribution in [0.1, 0.15) is 46.7 Å². The molecule has 1 fully saturated rings. The molecule has 2 aromatic heterocycles. The highest BCUT2D eigenvalue weighted by atomic mass is 35.5. The first-order chi connectivity index (χ1) is 13.5. The molecule has 0 aliphatic carbocycles. The van der Waals surface area contributed by atoms with Crippen LogP contribution in [0.5, 0.6) is 0 Å². The summed E-state index contributed by atoms with van der Waals surface area (Å²) in [5.41, 5.74) is -0.264. The first kappa shape index (κ1) is 20.3. The number of aromatic nitrogens is 3. The number of thiophene rings is 1. The van der Waals surface area contributed by atoms with E-state index in [9.17, 15) is 22.8 Å². The number of piperidine rings is 1. The molecule has 0 N–H and O–H groups in total. The fourth-order valence-electron chi connectivity index (χ4n) is 4.22. The molecular formula is C17H16ClF3N4O3S. The van der Waals surface area contributed by atoms with Gasteiger partial charge in [0, 0.05) is 31.5 Å². The largest absolute Gasteiger partial charge is 0.471 e. The standard InChI is InChI=1S/C17H16ClF3N4O3S/c1-8-4-16(9-3-13(18)29-14(9)12(26)7-28-16)5-11(10-6-24(2)23-22-10)25(8)15(27)17(19,20)21/h3,6,8,11H,4-5,7H2,1-2H3/t8-,11-,16?/m0/s1. The fourth-order valence-corrected chi connectivity index (χ4v) is 5.46. The lowest BCUT2D eigenvalue weighted by Gasteiger charge is -2.50. The van der Waals surface area contributed by atoms with Crippen molar-refractivity contribution in [3.8, 4) is 0 Å². The molecule has 1 saturated heterocycles. The number of halogens is 4. The minimum absolute atomic E-state index is 0.00515. The summed E-state index contributed by atoms with van der Waals surface area (Å²) in [7, 11) is 1.58. The van der Waals surface area contributed by atoms with E-state index in [4.69, 9.17) is 16.3 Å². The number of fused-ring (bicyclic) bond motifs is 2. The van der Waals surface area contributed by atoms with Crippen molar-refractivity contribution in [2.75, 3.05) is 6.61 Å². The number of carbonyl (C=O) groups is 2. The van der Waals surface area contributed by atoms with Crippen LogP contribution in [0.3, 0.4) is 0 Å². The van der Waals surface area contributed by atoms with E-state index in [0.29, 0.717) is 14.8 Å². The Hall–Kier alpha value is -1.98. The van der Waals surface area contributed by atoms with Gasteiger partial charge in [-0.25, -0.2) is 0 Å². The van der Waals surface area contributed by atoms with Gasteiger partial charge in [0.05, 0.1) is 27.1 Å². The van der Waals surface area contributed by atoms with Gasteiger partial charge in [-0.3, -0.25) is 14.3 Å². The predicted octanol–water partition coefficient (Wildman–Crippen LogP) is 3.25. The second-order valence-electron chi connectivity index (χ2n) is 7.30. The molecule has 1 unspecified atom stereocenters. The third kappa shape index (κ3) is 3.34. The smallest absolute Gasteiger partial charge is 0.362 e. The van der Waals surface area contributed by atoms with E-state index in [-0.39, 0.29) is 30.9 Å². The summed E-state index contributed by atoms with van der Waals surface area (Å²) in [5, 5.41) is 7.75. The Morgan fingerprint density at radius 2 is 2.14 bits per heavy atom. The number of Topliss-reactive ketones (excluding diaryl/α,β-unsaturated/α-hetero) is 1. The van der Waals surface area contributed by atoms with Gasteiger partial charge in [-0.1, -0.05) is 16.8 Å². The summed E-state index contributed by atoms with van der Waals surface area (Å²) in [6, 6.07) is -0.230. The van der Waals surface area contributed by atoms with Crippen LogP contribution in [0.15, 0.2) is 12.3 Å². The number of likely N-dealkylation sites (tertiary alicyclic amines) is 1. The van der Waals surface area contributed by atoms with E-state index in [2.05, 4.69) is 10.3 Å². The monoisotopic (exact) mass is 448 g/mol. The molecular weight excluding hydrogens is 433 g/mol. The fraction of sp³-hybridized carbons (Fsp3) is 0.529. The van der Waals surface area contributed by atoms with Crippen molar-refractivity contribution in [2.24, 2.45) is 7.05 Å². The number of rotatable bonds is 1. The Bertz CT molecular complexity index is 991. The molecule has 4 rings (SSSR count). The van der Waals surface area contributed by atoms with Crippen LogP contribution in [-0.4, -0.2) is 50.4 Å². The number of ether oxygens (including phenoxy) is 1. The number of hydrogen-bond acceptors (Lipinski definition) is 6. The number of aryl methyl sites for hydroxylation is 1. The maximum absolute atomic E-state index is 13.3. The quantitative estimate of drug-likeness (QED) is 0.669. The van der Waals surface area contributed by atoms with Gasteiger partial charge >= 0.3 is 12.1 Å². The Morgan fingerprint density at radius 3 is 2.76 bits per heavy atom. The van der Waals surface area contributed by atoms with Gasteiger partial charge in [0.1, 0.15) is 12.3 Å². The summed E-state index contributed by atoms with van der Waals surface area (Å²) in [6.07, 6.45) is -3.45. The van der Waals surface area contributed by atoms with Gasteiger partial charge in [0.25, 0.3) is 0 Å². The highest BCUT2D eigenvalue weighted by Crippen LogP contribution is 2.52. The molecule has 3 atom stereocenters. The lowest BCUT2D eigenvalue weighted by molar-refractivity contribution is -0.200. The number of nitrogens with zero attached hydrogens (tertiary/aromatic N) is 4. The van der Waals surface area contributed by atoms with Crippen molar-refractivity contribution >= 4 is 34.6 Å². The molecule has 0 bridgehead atoms. The molecule has 1 amide bonds. The molecule has 156 valence electrons. The zero-order valence-corrected chi connectivity index (χ0v) is 16.9. The van der Waals surface area contributed by atoms with Crippen molar-refractivity contribution in [2.45, 2.75) is 43.6 Å². The molecule has 0 saturated carbocycles. The molecule has 29 heavy (non-hydrogen) atoms. The lowest BCUT2D eigenvalue weighted by atomic mass is 9.75. The van der Waals surface area contributed by atoms with E-state index >= 15 is 0 Å². The molecule has 4 heterocycles. The predicted molar refractivity (Wildman–Crippen MR) is 96.6 cm³/mol. The third-order valence-corrected chi connectivity index (χ3v) is 6.63. The molecule has 0 radical (unpaired) electrons. The first-order valence-corrected chi connectivity index (χ1v) is 9.94. The van der Waals surface area contributed by atoms with Gasteiger partial charge in [0.2, 0.25) is 0 Å². The van der Waals surface area contributed by atoms with E-state index in [1.54, 1.807) is 13.1 Å². The summed E-state index contributed by atoms with van der Waals surface area (Å²) < 4.78 is 47.6. The van der Waals surface area contributed by atoms with Crippen LogP contribution in [0, 0.1) is 0 Å². The second-order valence-corrected chi connectivity index (χ2v) is 8.98. The van der Waals surface area contributed by atoms with Crippen molar-refractivity contribution in [1.82, 2.24) is 19.9 Å². The topological polar surface area (TPSA) is 77.3 Å². The zero-order chi connectivity index (χ0) is 21.1. The van der Waals surface area contributed by atoms with Crippen LogP contribution >= 0.6 is 22.9 Å². The molecule has 2 aromatic rings. The van der Waals surface area contributed by atoms with Crippen LogP contribution in [0.2, 0.25) is 4.34 Å². The summed E-state index contributed by atoms with van der Waals surface area (Å²) in [4.78, 5) is 25.7. The SMILES string of the molecule is C[C@H]1CC2(C[C@@H](c3cn(C)nn3)N1C(=O)C(F)(F)F)OCC(=O)c1sc(Cl)cc12. The number of ketones is 1. The number of carbonyl (C=O) groups excluding carboxylic acids is 2. The summed E-state index contributed by atoms with van der Waals surface area (Å²) >= 11 is 7.25. The van der Waals surface area contributed by atoms with E-state index in [1.165, 1.54) is 17.8 Å². The lowest BCUT2D eigenvalue weighted by Crippen LogP contribution is -2.57. The molecule has 2 aliphatic rings. The molecule has 0 aromatic carbocycles. The highest BCUT2D eigenvalue weighted by Gasteiger charge is 2.55. The average Bonchev–Trinajstić information content (AvgIpc) is 3.23. The molecule has 1 spiro atoms. The Morgan fingerprint density at radius 1 is 1.41 bits per heavy atom. The van der Waals surface area contributed by atoms with Gasteiger partial charge in [-0.05, 0) is 13.0 Å². The van der Waals surface area contributed by atoms with Gasteiger partial charge in [-0.2, -0.15) is 13.2 Å². The molecule has 12 heteroatoms. The zero-order valence-electron chi connectivity index (χ0n) is 15.4. The van der Waals surface area contributed by atoms with Crippen molar-refractivity contribution in [1.29, 1.82) is 0 Å². The maximum Gasteiger partial charge on any atom is 0.471 e. The van der Waals surface area contributed by atoms with Gasteiger partial charge in [0.15, 0.2) is 5.78 Å². The van der Waals surface area contributed by atoms with Gasteiger partial charge in [-0.15, -0.1) is 16.4 Å². The minimum Gasteiger partial charge on any atom is -0.362 e. The van der Waals surface area contributed by atoms with Crippen LogP contribution < -0.4 is 0 Å². The van der Waals surface area contributed by atoms with Gasteiger partial charge < -0.3 is 9.64 Å². The molecule has 7 nitrogen and oxygen atoms in total. The number of hydrogen-bond donors (Lipinski definition) is 0. The Kier molecular flexibility index (Phi) is 4.74.